The molecule has 2 nitrogen and oxygen atoms in total. The Bertz CT molecular complexity index is 322. The van der Waals surface area contributed by atoms with Gasteiger partial charge in [-0.2, -0.15) is 0 Å². The molecule has 0 radical (unpaired) electrons. The fourth-order valence-corrected chi connectivity index (χ4v) is 2.08. The van der Waals surface area contributed by atoms with Gasteiger partial charge in [0.05, 0.1) is 12.1 Å². The predicted octanol–water partition coefficient (Wildman–Crippen LogP) is 2.04. The molecule has 1 aliphatic rings. The molecule has 2 unspecified atom stereocenters. The molecule has 0 saturated heterocycles. The molecule has 0 saturated carbocycles. The average molecular weight is 191 g/mol. The van der Waals surface area contributed by atoms with E-state index in [0.29, 0.717) is 5.92 Å². The van der Waals surface area contributed by atoms with Gasteiger partial charge in [-0.25, -0.2) is 0 Å². The zero-order valence-corrected chi connectivity index (χ0v) is 8.70. The Hall–Kier alpha value is -1.02. The average Bonchev–Trinajstić information content (AvgIpc) is 2.16. The first-order valence-corrected chi connectivity index (χ1v) is 5.21. The fraction of sp³-hybridized carbons (Fsp3) is 0.500. The molecule has 0 spiro atoms. The van der Waals surface area contributed by atoms with Crippen molar-refractivity contribution >= 4 is 5.69 Å². The zero-order valence-electron chi connectivity index (χ0n) is 8.70. The minimum atomic E-state index is -0.259. The maximum Gasteiger partial charge on any atom is 0.0784 e. The van der Waals surface area contributed by atoms with Crippen molar-refractivity contribution in [3.63, 3.8) is 0 Å². The van der Waals surface area contributed by atoms with Crippen LogP contribution in [0, 0.1) is 5.92 Å². The molecule has 1 aromatic rings. The minimum Gasteiger partial charge on any atom is -0.391 e. The lowest BCUT2D eigenvalue weighted by atomic mass is 9.89. The first-order valence-electron chi connectivity index (χ1n) is 5.21. The van der Waals surface area contributed by atoms with Gasteiger partial charge in [0.15, 0.2) is 0 Å². The standard InChI is InChI=1S/C12H17NO/c1-8(2)12-11(14)7-9-5-3-4-6-10(9)13-12/h3-6,8,11-14H,7H2,1-2H3. The maximum absolute atomic E-state index is 9.92. The number of fused-ring (bicyclic) bond motifs is 1. The Kier molecular flexibility index (Phi) is 2.46. The van der Waals surface area contributed by atoms with Gasteiger partial charge in [0, 0.05) is 12.1 Å². The summed E-state index contributed by atoms with van der Waals surface area (Å²) < 4.78 is 0. The van der Waals surface area contributed by atoms with Gasteiger partial charge >= 0.3 is 0 Å². The van der Waals surface area contributed by atoms with Crippen LogP contribution in [0.25, 0.3) is 0 Å². The number of hydrogen-bond donors (Lipinski definition) is 2. The summed E-state index contributed by atoms with van der Waals surface area (Å²) in [6.07, 6.45) is 0.511. The largest absolute Gasteiger partial charge is 0.391 e. The van der Waals surface area contributed by atoms with Crippen LogP contribution >= 0.6 is 0 Å². The Morgan fingerprint density at radius 2 is 2.07 bits per heavy atom. The number of nitrogens with one attached hydrogen (secondary N) is 1. The summed E-state index contributed by atoms with van der Waals surface area (Å²) >= 11 is 0. The molecule has 1 aliphatic heterocycles. The second kappa shape index (κ2) is 3.62. The lowest BCUT2D eigenvalue weighted by molar-refractivity contribution is 0.129. The summed E-state index contributed by atoms with van der Waals surface area (Å²) in [5, 5.41) is 13.3. The third-order valence-electron chi connectivity index (χ3n) is 2.90. The Labute approximate surface area is 85.0 Å². The number of para-hydroxylation sites is 1. The summed E-state index contributed by atoms with van der Waals surface area (Å²) in [7, 11) is 0. The highest BCUT2D eigenvalue weighted by Gasteiger charge is 2.27. The van der Waals surface area contributed by atoms with Gasteiger partial charge in [-0.3, -0.25) is 0 Å². The quantitative estimate of drug-likeness (QED) is 0.712. The van der Waals surface area contributed by atoms with Crippen LogP contribution in [0.15, 0.2) is 24.3 Å². The number of aliphatic hydroxyl groups excluding tert-OH is 1. The van der Waals surface area contributed by atoms with Gasteiger partial charge in [-0.05, 0) is 17.5 Å². The molecule has 2 atom stereocenters. The summed E-state index contributed by atoms with van der Waals surface area (Å²) in [4.78, 5) is 0. The molecule has 0 amide bonds. The molecule has 14 heavy (non-hydrogen) atoms. The van der Waals surface area contributed by atoms with Gasteiger partial charge in [0.25, 0.3) is 0 Å². The summed E-state index contributed by atoms with van der Waals surface area (Å²) in [6, 6.07) is 8.38. The molecule has 0 aliphatic carbocycles. The Morgan fingerprint density at radius 3 is 2.79 bits per heavy atom. The molecule has 0 fully saturated rings. The van der Waals surface area contributed by atoms with Crippen molar-refractivity contribution in [2.45, 2.75) is 32.4 Å². The predicted molar refractivity (Wildman–Crippen MR) is 58.4 cm³/mol. The molecule has 2 heteroatoms. The number of hydrogen-bond acceptors (Lipinski definition) is 2. The van der Waals surface area contributed by atoms with Crippen LogP contribution in [0.2, 0.25) is 0 Å². The molecule has 0 aromatic heterocycles. The molecule has 2 rings (SSSR count). The number of anilines is 1. The molecule has 1 heterocycles. The van der Waals surface area contributed by atoms with E-state index < -0.39 is 0 Å². The lowest BCUT2D eigenvalue weighted by Crippen LogP contribution is -2.42. The van der Waals surface area contributed by atoms with Gasteiger partial charge in [-0.1, -0.05) is 32.0 Å². The lowest BCUT2D eigenvalue weighted by Gasteiger charge is -2.34. The normalized spacial score (nSPS) is 25.7. The van der Waals surface area contributed by atoms with E-state index >= 15 is 0 Å². The van der Waals surface area contributed by atoms with Crippen molar-refractivity contribution in [2.75, 3.05) is 5.32 Å². The second-order valence-electron chi connectivity index (χ2n) is 4.34. The fourth-order valence-electron chi connectivity index (χ4n) is 2.08. The van der Waals surface area contributed by atoms with Crippen LogP contribution < -0.4 is 5.32 Å². The smallest absolute Gasteiger partial charge is 0.0784 e. The Morgan fingerprint density at radius 1 is 1.36 bits per heavy atom. The van der Waals surface area contributed by atoms with Crippen molar-refractivity contribution in [3.8, 4) is 0 Å². The van der Waals surface area contributed by atoms with Crippen molar-refractivity contribution in [1.29, 1.82) is 0 Å². The molecule has 0 bridgehead atoms. The number of aliphatic hydroxyl groups is 1. The molecule has 76 valence electrons. The van der Waals surface area contributed by atoms with E-state index in [1.165, 1.54) is 11.3 Å². The van der Waals surface area contributed by atoms with E-state index in [1.54, 1.807) is 0 Å². The minimum absolute atomic E-state index is 0.185. The second-order valence-corrected chi connectivity index (χ2v) is 4.34. The first kappa shape index (κ1) is 9.53. The molecule has 2 N–H and O–H groups in total. The molecular formula is C12H17NO. The van der Waals surface area contributed by atoms with Crippen LogP contribution in [0.4, 0.5) is 5.69 Å². The zero-order chi connectivity index (χ0) is 10.1. The summed E-state index contributed by atoms with van der Waals surface area (Å²) in [5.74, 6) is 0.457. The van der Waals surface area contributed by atoms with Crippen LogP contribution in [0.1, 0.15) is 19.4 Å². The molecule has 1 aromatic carbocycles. The van der Waals surface area contributed by atoms with Crippen LogP contribution in [-0.4, -0.2) is 17.3 Å². The van der Waals surface area contributed by atoms with E-state index in [0.717, 1.165) is 6.42 Å². The van der Waals surface area contributed by atoms with E-state index in [4.69, 9.17) is 0 Å². The van der Waals surface area contributed by atoms with E-state index in [1.807, 2.05) is 12.1 Å². The van der Waals surface area contributed by atoms with Gasteiger partial charge in [0.1, 0.15) is 0 Å². The number of rotatable bonds is 1. The van der Waals surface area contributed by atoms with E-state index in [-0.39, 0.29) is 12.1 Å². The van der Waals surface area contributed by atoms with Gasteiger partial charge in [0.2, 0.25) is 0 Å². The van der Waals surface area contributed by atoms with Crippen LogP contribution in [-0.2, 0) is 6.42 Å². The highest BCUT2D eigenvalue weighted by atomic mass is 16.3. The number of benzene rings is 1. The molecular weight excluding hydrogens is 174 g/mol. The first-order chi connectivity index (χ1) is 6.68. The maximum atomic E-state index is 9.92. The van der Waals surface area contributed by atoms with Crippen LogP contribution in [0.3, 0.4) is 0 Å². The van der Waals surface area contributed by atoms with Gasteiger partial charge < -0.3 is 10.4 Å². The Balaban J connectivity index is 2.27. The third-order valence-corrected chi connectivity index (χ3v) is 2.90. The van der Waals surface area contributed by atoms with Crippen molar-refractivity contribution in [1.82, 2.24) is 0 Å². The monoisotopic (exact) mass is 191 g/mol. The van der Waals surface area contributed by atoms with Crippen molar-refractivity contribution < 1.29 is 5.11 Å². The highest BCUT2D eigenvalue weighted by molar-refractivity contribution is 5.54. The van der Waals surface area contributed by atoms with Crippen molar-refractivity contribution in [2.24, 2.45) is 5.92 Å². The van der Waals surface area contributed by atoms with Gasteiger partial charge in [-0.15, -0.1) is 0 Å². The van der Waals surface area contributed by atoms with E-state index in [2.05, 4.69) is 31.3 Å². The topological polar surface area (TPSA) is 32.3 Å². The third kappa shape index (κ3) is 1.62. The van der Waals surface area contributed by atoms with Crippen LogP contribution in [0.5, 0.6) is 0 Å². The van der Waals surface area contributed by atoms with E-state index in [9.17, 15) is 5.11 Å². The summed E-state index contributed by atoms with van der Waals surface area (Å²) in [6.45, 7) is 4.27. The highest BCUT2D eigenvalue weighted by Crippen LogP contribution is 2.27. The van der Waals surface area contributed by atoms with Crippen molar-refractivity contribution in [3.05, 3.63) is 29.8 Å². The SMILES string of the molecule is CC(C)C1Nc2ccccc2CC1O. The summed E-state index contributed by atoms with van der Waals surface area (Å²) in [5.41, 5.74) is 2.40.